The third-order valence-electron chi connectivity index (χ3n) is 9.64. The molecule has 0 saturated heterocycles. The first-order valence-electron chi connectivity index (χ1n) is 18.0. The Bertz CT molecular complexity index is 2480. The summed E-state index contributed by atoms with van der Waals surface area (Å²) in [6.45, 7) is 8.40. The Balaban J connectivity index is 1.31. The standard InChI is InChI=1S/C49H40N2S2/c1-4-17-35(2)52-46-26-15-14-24-43(46)36(3)50(41-30-28-38(29-31-41)37-18-8-5-9-19-37)42-32-33-47-44(34-42)49-45(25-16-27-48(49)53-47)51(39-20-10-6-11-21-39)40-22-12-7-13-23-40/h4-34,36H,1H2,2-3H3/b35-17+. The lowest BCUT2D eigenvalue weighted by molar-refractivity contribution is 0.758. The number of fused-ring (bicyclic) bond motifs is 3. The van der Waals surface area contributed by atoms with E-state index in [-0.39, 0.29) is 6.04 Å². The number of para-hydroxylation sites is 2. The zero-order valence-corrected chi connectivity index (χ0v) is 31.5. The molecule has 0 spiro atoms. The maximum Gasteiger partial charge on any atom is 0.0574 e. The van der Waals surface area contributed by atoms with Crippen LogP contribution in [-0.2, 0) is 0 Å². The van der Waals surface area contributed by atoms with E-state index in [1.54, 1.807) is 11.8 Å². The molecule has 1 heterocycles. The van der Waals surface area contributed by atoms with E-state index in [9.17, 15) is 0 Å². The Morgan fingerprint density at radius 1 is 0.604 bits per heavy atom. The van der Waals surface area contributed by atoms with Crippen LogP contribution in [0.1, 0.15) is 25.5 Å². The van der Waals surface area contributed by atoms with Crippen LogP contribution in [0.4, 0.5) is 28.4 Å². The van der Waals surface area contributed by atoms with Crippen LogP contribution >= 0.6 is 23.1 Å². The maximum atomic E-state index is 3.93. The van der Waals surface area contributed by atoms with E-state index in [1.165, 1.54) is 52.4 Å². The summed E-state index contributed by atoms with van der Waals surface area (Å²) in [5.74, 6) is 0. The topological polar surface area (TPSA) is 6.48 Å². The first kappa shape index (κ1) is 34.3. The minimum absolute atomic E-state index is 0.0322. The molecule has 0 saturated carbocycles. The molecule has 0 fully saturated rings. The first-order chi connectivity index (χ1) is 26.1. The van der Waals surface area contributed by atoms with Gasteiger partial charge in [0.25, 0.3) is 0 Å². The van der Waals surface area contributed by atoms with Gasteiger partial charge >= 0.3 is 0 Å². The molecule has 0 amide bonds. The summed E-state index contributed by atoms with van der Waals surface area (Å²) in [4.78, 5) is 7.33. The van der Waals surface area contributed by atoms with E-state index < -0.39 is 0 Å². The van der Waals surface area contributed by atoms with Gasteiger partial charge in [0.05, 0.1) is 11.7 Å². The lowest BCUT2D eigenvalue weighted by Crippen LogP contribution is -2.22. The molecule has 1 atom stereocenters. The normalized spacial score (nSPS) is 12.2. The lowest BCUT2D eigenvalue weighted by atomic mass is 10.0. The smallest absolute Gasteiger partial charge is 0.0574 e. The first-order valence-corrected chi connectivity index (χ1v) is 19.6. The third-order valence-corrected chi connectivity index (χ3v) is 11.8. The number of nitrogens with zero attached hydrogens (tertiary/aromatic N) is 2. The molecule has 0 aliphatic heterocycles. The monoisotopic (exact) mass is 720 g/mol. The fourth-order valence-electron chi connectivity index (χ4n) is 7.19. The second-order valence-corrected chi connectivity index (χ2v) is 15.4. The quantitative estimate of drug-likeness (QED) is 0.0970. The number of thioether (sulfide) groups is 1. The summed E-state index contributed by atoms with van der Waals surface area (Å²) >= 11 is 3.65. The highest BCUT2D eigenvalue weighted by molar-refractivity contribution is 8.03. The van der Waals surface area contributed by atoms with Crippen molar-refractivity contribution in [2.24, 2.45) is 0 Å². The molecule has 0 aliphatic rings. The van der Waals surface area contributed by atoms with Crippen molar-refractivity contribution >= 4 is 71.7 Å². The highest BCUT2D eigenvalue weighted by Gasteiger charge is 2.24. The van der Waals surface area contributed by atoms with Gasteiger partial charge in [0.15, 0.2) is 0 Å². The van der Waals surface area contributed by atoms with Gasteiger partial charge in [-0.3, -0.25) is 0 Å². The van der Waals surface area contributed by atoms with Crippen molar-refractivity contribution < 1.29 is 0 Å². The van der Waals surface area contributed by atoms with E-state index in [4.69, 9.17) is 0 Å². The van der Waals surface area contributed by atoms with Gasteiger partial charge in [-0.05, 0) is 108 Å². The Morgan fingerprint density at radius 3 is 1.89 bits per heavy atom. The van der Waals surface area contributed by atoms with Crippen molar-refractivity contribution in [1.29, 1.82) is 0 Å². The van der Waals surface area contributed by atoms with Gasteiger partial charge < -0.3 is 9.80 Å². The molecule has 1 aromatic heterocycles. The fraction of sp³-hybridized carbons (Fsp3) is 0.0612. The maximum absolute atomic E-state index is 3.93. The van der Waals surface area contributed by atoms with Gasteiger partial charge in [-0.15, -0.1) is 11.3 Å². The Labute approximate surface area is 321 Å². The van der Waals surface area contributed by atoms with Crippen molar-refractivity contribution in [3.05, 3.63) is 205 Å². The van der Waals surface area contributed by atoms with Crippen LogP contribution < -0.4 is 9.80 Å². The lowest BCUT2D eigenvalue weighted by Gasteiger charge is -2.33. The molecule has 53 heavy (non-hydrogen) atoms. The summed E-state index contributed by atoms with van der Waals surface area (Å²) in [5.41, 5.74) is 9.41. The molecule has 2 nitrogen and oxygen atoms in total. The van der Waals surface area contributed by atoms with E-state index in [1.807, 2.05) is 17.4 Å². The molecule has 1 unspecified atom stereocenters. The number of hydrogen-bond donors (Lipinski definition) is 0. The molecule has 8 rings (SSSR count). The zero-order chi connectivity index (χ0) is 36.1. The summed E-state index contributed by atoms with van der Waals surface area (Å²) in [6.07, 6.45) is 3.94. The van der Waals surface area contributed by atoms with Crippen molar-refractivity contribution in [2.75, 3.05) is 9.80 Å². The van der Waals surface area contributed by atoms with Gasteiger partial charge in [0.2, 0.25) is 0 Å². The van der Waals surface area contributed by atoms with Crippen LogP contribution in [0, 0.1) is 0 Å². The van der Waals surface area contributed by atoms with E-state index in [2.05, 4.69) is 212 Å². The third kappa shape index (κ3) is 7.04. The SMILES string of the molecule is C=C/C=C(\C)Sc1ccccc1C(C)N(c1ccc(-c2ccccc2)cc1)c1ccc2sc3cccc(N(c4ccccc4)c4ccccc4)c3c2c1. The van der Waals surface area contributed by atoms with Crippen molar-refractivity contribution in [1.82, 2.24) is 0 Å². The summed E-state index contributed by atoms with van der Waals surface area (Å²) in [5, 5.41) is 2.51. The Kier molecular flexibility index (Phi) is 9.98. The summed E-state index contributed by atoms with van der Waals surface area (Å²) in [6, 6.07) is 63.5. The highest BCUT2D eigenvalue weighted by Crippen LogP contribution is 2.47. The zero-order valence-electron chi connectivity index (χ0n) is 29.9. The van der Waals surface area contributed by atoms with Crippen LogP contribution in [0.5, 0.6) is 0 Å². The molecule has 258 valence electrons. The van der Waals surface area contributed by atoms with Crippen molar-refractivity contribution in [2.45, 2.75) is 24.8 Å². The van der Waals surface area contributed by atoms with E-state index in [0.717, 1.165) is 22.7 Å². The number of benzene rings is 7. The second-order valence-electron chi connectivity index (χ2n) is 13.1. The molecule has 0 bridgehead atoms. The Morgan fingerprint density at radius 2 is 1.21 bits per heavy atom. The summed E-state index contributed by atoms with van der Waals surface area (Å²) < 4.78 is 2.54. The van der Waals surface area contributed by atoms with Gasteiger partial charge in [-0.1, -0.05) is 134 Å². The van der Waals surface area contributed by atoms with E-state index >= 15 is 0 Å². The molecule has 8 aromatic rings. The molecule has 7 aromatic carbocycles. The van der Waals surface area contributed by atoms with Crippen LogP contribution in [0.2, 0.25) is 0 Å². The average Bonchev–Trinajstić information content (AvgIpc) is 3.59. The molecular weight excluding hydrogens is 681 g/mol. The molecule has 0 radical (unpaired) electrons. The number of thiophene rings is 1. The highest BCUT2D eigenvalue weighted by atomic mass is 32.2. The number of hydrogen-bond acceptors (Lipinski definition) is 4. The average molecular weight is 721 g/mol. The van der Waals surface area contributed by atoms with Crippen molar-refractivity contribution in [3.63, 3.8) is 0 Å². The van der Waals surface area contributed by atoms with Gasteiger partial charge in [0, 0.05) is 47.8 Å². The van der Waals surface area contributed by atoms with Crippen LogP contribution in [0.3, 0.4) is 0 Å². The number of allylic oxidation sites excluding steroid dienone is 3. The molecule has 0 aliphatic carbocycles. The van der Waals surface area contributed by atoms with Crippen LogP contribution in [0.25, 0.3) is 31.3 Å². The van der Waals surface area contributed by atoms with Crippen LogP contribution in [-0.4, -0.2) is 0 Å². The minimum atomic E-state index is 0.0322. The number of anilines is 5. The predicted octanol–water partition coefficient (Wildman–Crippen LogP) is 15.3. The summed E-state index contributed by atoms with van der Waals surface area (Å²) in [7, 11) is 0. The van der Waals surface area contributed by atoms with Crippen molar-refractivity contribution in [3.8, 4) is 11.1 Å². The molecular formula is C49H40N2S2. The fourth-order valence-corrected chi connectivity index (χ4v) is 9.31. The van der Waals surface area contributed by atoms with Crippen LogP contribution in [0.15, 0.2) is 204 Å². The largest absolute Gasteiger partial charge is 0.334 e. The minimum Gasteiger partial charge on any atom is -0.334 e. The van der Waals surface area contributed by atoms with Gasteiger partial charge in [-0.25, -0.2) is 0 Å². The Hall–Kier alpha value is -5.81. The molecule has 0 N–H and O–H groups in total. The predicted molar refractivity (Wildman–Crippen MR) is 233 cm³/mol. The van der Waals surface area contributed by atoms with E-state index in [0.29, 0.717) is 0 Å². The molecule has 4 heteroatoms. The van der Waals surface area contributed by atoms with Gasteiger partial charge in [-0.2, -0.15) is 0 Å². The van der Waals surface area contributed by atoms with Gasteiger partial charge in [0.1, 0.15) is 0 Å². The number of rotatable bonds is 11. The second kappa shape index (κ2) is 15.4.